The summed E-state index contributed by atoms with van der Waals surface area (Å²) in [5.41, 5.74) is 2.42. The molecule has 0 aliphatic carbocycles. The molecule has 1 fully saturated rings. The maximum absolute atomic E-state index is 12.5. The number of hydrogen-bond donors (Lipinski definition) is 1. The summed E-state index contributed by atoms with van der Waals surface area (Å²) in [7, 11) is 0. The second-order valence-corrected chi connectivity index (χ2v) is 6.50. The highest BCUT2D eigenvalue weighted by Gasteiger charge is 2.47. The summed E-state index contributed by atoms with van der Waals surface area (Å²) in [6.07, 6.45) is 0.343. The average Bonchev–Trinajstić information content (AvgIpc) is 2.72. The fourth-order valence-corrected chi connectivity index (χ4v) is 2.88. The molecule has 1 aliphatic rings. The van der Waals surface area contributed by atoms with Crippen LogP contribution in [0.4, 0.5) is 0 Å². The number of aryl methyl sites for hydroxylation is 2. The van der Waals surface area contributed by atoms with Crippen molar-refractivity contribution < 1.29 is 14.7 Å². The summed E-state index contributed by atoms with van der Waals surface area (Å²) < 4.78 is 0. The summed E-state index contributed by atoms with van der Waals surface area (Å²) in [6, 6.07) is 6.08. The van der Waals surface area contributed by atoms with Crippen LogP contribution in [0.5, 0.6) is 0 Å². The monoisotopic (exact) mass is 289 g/mol. The van der Waals surface area contributed by atoms with Gasteiger partial charge in [-0.15, -0.1) is 0 Å². The Morgan fingerprint density at radius 2 is 2.05 bits per heavy atom. The Bertz CT molecular complexity index is 581. The summed E-state index contributed by atoms with van der Waals surface area (Å²) in [5, 5.41) is 9.37. The number of amides is 1. The zero-order valence-electron chi connectivity index (χ0n) is 13.1. The third-order valence-corrected chi connectivity index (χ3v) is 4.79. The Kier molecular flexibility index (Phi) is 4.08. The van der Waals surface area contributed by atoms with Gasteiger partial charge in [0.25, 0.3) is 0 Å². The van der Waals surface area contributed by atoms with E-state index >= 15 is 0 Å². The molecule has 0 spiro atoms. The molecular weight excluding hydrogens is 266 g/mol. The van der Waals surface area contributed by atoms with E-state index in [4.69, 9.17) is 0 Å². The van der Waals surface area contributed by atoms with Gasteiger partial charge in [0.2, 0.25) is 5.91 Å². The van der Waals surface area contributed by atoms with Crippen molar-refractivity contribution in [2.24, 2.45) is 11.3 Å². The number of likely N-dealkylation sites (tertiary alicyclic amines) is 1. The molecule has 0 aromatic heterocycles. The molecule has 0 unspecified atom stereocenters. The molecule has 1 aromatic carbocycles. The lowest BCUT2D eigenvalue weighted by molar-refractivity contribution is -0.149. The van der Waals surface area contributed by atoms with Gasteiger partial charge in [-0.25, -0.2) is 0 Å². The van der Waals surface area contributed by atoms with Gasteiger partial charge in [-0.1, -0.05) is 30.7 Å². The maximum atomic E-state index is 12.5. The van der Waals surface area contributed by atoms with E-state index in [9.17, 15) is 14.7 Å². The minimum Gasteiger partial charge on any atom is -0.481 e. The summed E-state index contributed by atoms with van der Waals surface area (Å²) in [4.78, 5) is 25.6. The molecule has 1 saturated heterocycles. The van der Waals surface area contributed by atoms with E-state index in [1.54, 1.807) is 11.8 Å². The van der Waals surface area contributed by atoms with Crippen molar-refractivity contribution in [1.29, 1.82) is 0 Å². The molecule has 1 aliphatic heterocycles. The van der Waals surface area contributed by atoms with Crippen molar-refractivity contribution in [1.82, 2.24) is 4.90 Å². The number of carbonyl (C=O) groups is 2. The number of carboxylic acids is 1. The molecule has 0 saturated carbocycles. The predicted octanol–water partition coefficient (Wildman–Crippen LogP) is 2.42. The summed E-state index contributed by atoms with van der Waals surface area (Å²) >= 11 is 0. The molecule has 4 nitrogen and oxygen atoms in total. The van der Waals surface area contributed by atoms with Crippen molar-refractivity contribution in [3.05, 3.63) is 34.9 Å². The van der Waals surface area contributed by atoms with Crippen LogP contribution in [-0.2, 0) is 16.0 Å². The van der Waals surface area contributed by atoms with Gasteiger partial charge in [0, 0.05) is 13.1 Å². The number of carbonyl (C=O) groups excluding carboxylic acids is 1. The average molecular weight is 289 g/mol. The first-order chi connectivity index (χ1) is 9.74. The van der Waals surface area contributed by atoms with E-state index in [0.717, 1.165) is 16.7 Å². The number of nitrogens with zero attached hydrogens (tertiary/aromatic N) is 1. The maximum Gasteiger partial charge on any atom is 0.311 e. The van der Waals surface area contributed by atoms with E-state index < -0.39 is 11.4 Å². The Hall–Kier alpha value is -1.84. The van der Waals surface area contributed by atoms with E-state index in [1.807, 2.05) is 39.0 Å². The van der Waals surface area contributed by atoms with Crippen molar-refractivity contribution in [2.45, 2.75) is 34.1 Å². The van der Waals surface area contributed by atoms with Gasteiger partial charge in [-0.05, 0) is 37.8 Å². The van der Waals surface area contributed by atoms with Gasteiger partial charge >= 0.3 is 5.97 Å². The highest BCUT2D eigenvalue weighted by atomic mass is 16.4. The SMILES string of the molecule is Cc1ccc(C)c(CC(=O)N2C[C@@H](C)[C@](C)(C(=O)O)C2)c1. The van der Waals surface area contributed by atoms with E-state index in [2.05, 4.69) is 0 Å². The Labute approximate surface area is 125 Å². The van der Waals surface area contributed by atoms with Gasteiger partial charge in [-0.3, -0.25) is 9.59 Å². The lowest BCUT2D eigenvalue weighted by atomic mass is 9.81. The van der Waals surface area contributed by atoms with Gasteiger partial charge in [-0.2, -0.15) is 0 Å². The fraction of sp³-hybridized carbons (Fsp3) is 0.529. The largest absolute Gasteiger partial charge is 0.481 e. The molecule has 21 heavy (non-hydrogen) atoms. The van der Waals surface area contributed by atoms with Crippen LogP contribution in [0.15, 0.2) is 18.2 Å². The van der Waals surface area contributed by atoms with Crippen molar-refractivity contribution in [3.63, 3.8) is 0 Å². The van der Waals surface area contributed by atoms with Crippen LogP contribution in [-0.4, -0.2) is 35.0 Å². The smallest absolute Gasteiger partial charge is 0.311 e. The summed E-state index contributed by atoms with van der Waals surface area (Å²) in [6.45, 7) is 8.45. The standard InChI is InChI=1S/C17H23NO3/c1-11-5-6-12(2)14(7-11)8-15(19)18-9-13(3)17(4,10-18)16(20)21/h5-7,13H,8-10H2,1-4H3,(H,20,21)/t13-,17-/m1/s1. The predicted molar refractivity (Wildman–Crippen MR) is 81.1 cm³/mol. The number of carboxylic acid groups (broad SMARTS) is 1. The topological polar surface area (TPSA) is 57.6 Å². The van der Waals surface area contributed by atoms with E-state index in [1.165, 1.54) is 0 Å². The van der Waals surface area contributed by atoms with Gasteiger partial charge < -0.3 is 10.0 Å². The molecule has 0 radical (unpaired) electrons. The van der Waals surface area contributed by atoms with E-state index in [0.29, 0.717) is 19.5 Å². The lowest BCUT2D eigenvalue weighted by Gasteiger charge is -2.22. The van der Waals surface area contributed by atoms with Crippen molar-refractivity contribution in [3.8, 4) is 0 Å². The van der Waals surface area contributed by atoms with Crippen molar-refractivity contribution in [2.75, 3.05) is 13.1 Å². The fourth-order valence-electron chi connectivity index (χ4n) is 2.88. The van der Waals surface area contributed by atoms with Crippen LogP contribution < -0.4 is 0 Å². The molecule has 1 N–H and O–H groups in total. The zero-order chi connectivity index (χ0) is 15.8. The number of aliphatic carboxylic acids is 1. The lowest BCUT2D eigenvalue weighted by Crippen LogP contribution is -2.36. The third kappa shape index (κ3) is 2.94. The number of benzene rings is 1. The van der Waals surface area contributed by atoms with Crippen LogP contribution in [0.1, 0.15) is 30.5 Å². The first-order valence-corrected chi connectivity index (χ1v) is 7.31. The van der Waals surface area contributed by atoms with E-state index in [-0.39, 0.29) is 11.8 Å². The van der Waals surface area contributed by atoms with Gasteiger partial charge in [0.1, 0.15) is 0 Å². The molecule has 1 amide bonds. The highest BCUT2D eigenvalue weighted by molar-refractivity contribution is 5.82. The molecule has 2 atom stereocenters. The molecule has 114 valence electrons. The minimum absolute atomic E-state index is 0.0144. The summed E-state index contributed by atoms with van der Waals surface area (Å²) in [5.74, 6) is -0.838. The third-order valence-electron chi connectivity index (χ3n) is 4.79. The van der Waals surface area contributed by atoms with Crippen molar-refractivity contribution >= 4 is 11.9 Å². The molecule has 4 heteroatoms. The second-order valence-electron chi connectivity index (χ2n) is 6.50. The molecule has 1 heterocycles. The van der Waals surface area contributed by atoms with Crippen LogP contribution in [0, 0.1) is 25.2 Å². The zero-order valence-corrected chi connectivity index (χ0v) is 13.1. The molecule has 0 bridgehead atoms. The first-order valence-electron chi connectivity index (χ1n) is 7.31. The molecular formula is C17H23NO3. The number of rotatable bonds is 3. The van der Waals surface area contributed by atoms with Crippen LogP contribution in [0.25, 0.3) is 0 Å². The van der Waals surface area contributed by atoms with Crippen LogP contribution >= 0.6 is 0 Å². The molecule has 2 rings (SSSR count). The second kappa shape index (κ2) is 5.51. The Balaban J connectivity index is 2.12. The first kappa shape index (κ1) is 15.5. The molecule has 1 aromatic rings. The van der Waals surface area contributed by atoms with Crippen LogP contribution in [0.3, 0.4) is 0 Å². The number of hydrogen-bond acceptors (Lipinski definition) is 2. The normalized spacial score (nSPS) is 25.1. The Morgan fingerprint density at radius 3 is 2.62 bits per heavy atom. The quantitative estimate of drug-likeness (QED) is 0.929. The Morgan fingerprint density at radius 1 is 1.38 bits per heavy atom. The van der Waals surface area contributed by atoms with Gasteiger partial charge in [0.05, 0.1) is 11.8 Å². The minimum atomic E-state index is -0.836. The van der Waals surface area contributed by atoms with Crippen LogP contribution in [0.2, 0.25) is 0 Å². The van der Waals surface area contributed by atoms with Gasteiger partial charge in [0.15, 0.2) is 0 Å². The highest BCUT2D eigenvalue weighted by Crippen LogP contribution is 2.36.